The highest BCUT2D eigenvalue weighted by atomic mass is 35.5. The summed E-state index contributed by atoms with van der Waals surface area (Å²) in [5, 5.41) is 6.58. The molecule has 1 aromatic carbocycles. The molecule has 1 heterocycles. The Labute approximate surface area is 132 Å². The van der Waals surface area contributed by atoms with Crippen molar-refractivity contribution in [3.63, 3.8) is 0 Å². The first-order valence-electron chi connectivity index (χ1n) is 6.43. The second-order valence-corrected chi connectivity index (χ2v) is 6.37. The molecule has 0 saturated heterocycles. The highest BCUT2D eigenvalue weighted by Crippen LogP contribution is 2.34. The molecule has 0 radical (unpaired) electrons. The Morgan fingerprint density at radius 1 is 1.35 bits per heavy atom. The zero-order chi connectivity index (χ0) is 14.7. The van der Waals surface area contributed by atoms with Crippen LogP contribution in [0.2, 0.25) is 10.0 Å². The summed E-state index contributed by atoms with van der Waals surface area (Å²) in [6.07, 6.45) is 0.552. The van der Waals surface area contributed by atoms with Gasteiger partial charge in [-0.05, 0) is 48.5 Å². The molecule has 1 unspecified atom stereocenters. The van der Waals surface area contributed by atoms with Crippen LogP contribution in [0.15, 0.2) is 23.6 Å². The van der Waals surface area contributed by atoms with Crippen LogP contribution in [-0.2, 0) is 6.42 Å². The Kier molecular flexibility index (Phi) is 5.44. The molecule has 1 atom stereocenters. The molecule has 5 heteroatoms. The molecular formula is C15H16Cl2FNS. The van der Waals surface area contributed by atoms with Gasteiger partial charge in [0, 0.05) is 15.9 Å². The molecule has 20 heavy (non-hydrogen) atoms. The summed E-state index contributed by atoms with van der Waals surface area (Å²) < 4.78 is 13.9. The van der Waals surface area contributed by atoms with Gasteiger partial charge in [0.2, 0.25) is 0 Å². The molecule has 0 bridgehead atoms. The number of hydrogen-bond donors (Lipinski definition) is 1. The molecule has 0 saturated carbocycles. The highest BCUT2D eigenvalue weighted by Gasteiger charge is 2.19. The van der Waals surface area contributed by atoms with Crippen molar-refractivity contribution in [3.05, 3.63) is 55.4 Å². The predicted octanol–water partition coefficient (Wildman–Crippen LogP) is 5.40. The summed E-state index contributed by atoms with van der Waals surface area (Å²) in [4.78, 5) is 1.06. The van der Waals surface area contributed by atoms with Crippen molar-refractivity contribution in [3.8, 4) is 0 Å². The van der Waals surface area contributed by atoms with E-state index in [1.807, 2.05) is 19.2 Å². The summed E-state index contributed by atoms with van der Waals surface area (Å²) >= 11 is 13.7. The van der Waals surface area contributed by atoms with Crippen molar-refractivity contribution < 1.29 is 4.39 Å². The molecule has 0 spiro atoms. The van der Waals surface area contributed by atoms with Crippen molar-refractivity contribution in [2.45, 2.75) is 26.3 Å². The van der Waals surface area contributed by atoms with E-state index in [-0.39, 0.29) is 11.9 Å². The maximum Gasteiger partial charge on any atom is 0.127 e. The lowest BCUT2D eigenvalue weighted by Gasteiger charge is -2.18. The fraction of sp³-hybridized carbons (Fsp3) is 0.333. The number of benzene rings is 1. The minimum atomic E-state index is -0.273. The number of aryl methyl sites for hydroxylation is 1. The van der Waals surface area contributed by atoms with Crippen molar-refractivity contribution in [2.24, 2.45) is 0 Å². The highest BCUT2D eigenvalue weighted by molar-refractivity contribution is 7.10. The van der Waals surface area contributed by atoms with E-state index in [1.165, 1.54) is 6.07 Å². The van der Waals surface area contributed by atoms with Crippen LogP contribution >= 0.6 is 34.5 Å². The second kappa shape index (κ2) is 6.90. The molecule has 108 valence electrons. The Morgan fingerprint density at radius 2 is 2.10 bits per heavy atom. The lowest BCUT2D eigenvalue weighted by molar-refractivity contribution is 0.534. The molecule has 1 N–H and O–H groups in total. The maximum absolute atomic E-state index is 13.9. The third-order valence-corrected chi connectivity index (χ3v) is 5.19. The lowest BCUT2D eigenvalue weighted by Crippen LogP contribution is -2.22. The summed E-state index contributed by atoms with van der Waals surface area (Å²) in [6, 6.07) is 4.81. The van der Waals surface area contributed by atoms with Gasteiger partial charge in [-0.1, -0.05) is 36.2 Å². The Bertz CT molecular complexity index is 598. The van der Waals surface area contributed by atoms with Gasteiger partial charge in [-0.2, -0.15) is 0 Å². The second-order valence-electron chi connectivity index (χ2n) is 4.65. The SMILES string of the molecule is CCNC(Cc1ccc(Cl)cc1F)c1scc(C)c1Cl. The zero-order valence-corrected chi connectivity index (χ0v) is 13.7. The molecule has 1 nitrogen and oxygen atoms in total. The van der Waals surface area contributed by atoms with E-state index >= 15 is 0 Å². The number of likely N-dealkylation sites (N-methyl/N-ethyl adjacent to an activating group) is 1. The van der Waals surface area contributed by atoms with Crippen LogP contribution < -0.4 is 5.32 Å². The first-order chi connectivity index (χ1) is 9.52. The zero-order valence-electron chi connectivity index (χ0n) is 11.3. The molecule has 0 aliphatic rings. The average Bonchev–Trinajstić information content (AvgIpc) is 2.73. The molecule has 0 fully saturated rings. The van der Waals surface area contributed by atoms with Gasteiger partial charge in [0.25, 0.3) is 0 Å². The Balaban J connectivity index is 2.28. The van der Waals surface area contributed by atoms with Crippen LogP contribution in [0.1, 0.15) is 29.0 Å². The van der Waals surface area contributed by atoms with E-state index in [9.17, 15) is 4.39 Å². The van der Waals surface area contributed by atoms with Gasteiger partial charge >= 0.3 is 0 Å². The lowest BCUT2D eigenvalue weighted by atomic mass is 10.0. The van der Waals surface area contributed by atoms with E-state index in [1.54, 1.807) is 23.5 Å². The van der Waals surface area contributed by atoms with Gasteiger partial charge in [0.1, 0.15) is 5.82 Å². The standard InChI is InChI=1S/C15H16Cl2FNS/c1-3-19-13(15-14(17)9(2)8-20-15)6-10-4-5-11(16)7-12(10)18/h4-5,7-8,13,19H,3,6H2,1-2H3. The van der Waals surface area contributed by atoms with Gasteiger partial charge < -0.3 is 5.32 Å². The Hall–Kier alpha value is -0.610. The van der Waals surface area contributed by atoms with Crippen molar-refractivity contribution in [2.75, 3.05) is 6.54 Å². The Morgan fingerprint density at radius 3 is 2.65 bits per heavy atom. The first kappa shape index (κ1) is 15.8. The fourth-order valence-electron chi connectivity index (χ4n) is 2.10. The third kappa shape index (κ3) is 3.53. The number of thiophene rings is 1. The monoisotopic (exact) mass is 331 g/mol. The summed E-state index contributed by atoms with van der Waals surface area (Å²) in [7, 11) is 0. The van der Waals surface area contributed by atoms with Gasteiger partial charge in [-0.15, -0.1) is 11.3 Å². The summed E-state index contributed by atoms with van der Waals surface area (Å²) in [5.74, 6) is -0.273. The minimum absolute atomic E-state index is 0.0156. The molecule has 2 aromatic rings. The number of rotatable bonds is 5. The molecule has 0 aliphatic heterocycles. The van der Waals surface area contributed by atoms with Crippen molar-refractivity contribution in [1.29, 1.82) is 0 Å². The maximum atomic E-state index is 13.9. The smallest absolute Gasteiger partial charge is 0.127 e. The molecule has 0 aliphatic carbocycles. The van der Waals surface area contributed by atoms with Gasteiger partial charge in [0.05, 0.1) is 5.02 Å². The largest absolute Gasteiger partial charge is 0.309 e. The average molecular weight is 332 g/mol. The quantitative estimate of drug-likeness (QED) is 0.773. The van der Waals surface area contributed by atoms with Crippen LogP contribution in [0.3, 0.4) is 0 Å². The van der Waals surface area contributed by atoms with Crippen molar-refractivity contribution in [1.82, 2.24) is 5.32 Å². The number of halogens is 3. The topological polar surface area (TPSA) is 12.0 Å². The van der Waals surface area contributed by atoms with Gasteiger partial charge in [-0.3, -0.25) is 0 Å². The molecule has 0 amide bonds. The minimum Gasteiger partial charge on any atom is -0.309 e. The number of nitrogens with one attached hydrogen (secondary N) is 1. The molecular weight excluding hydrogens is 316 g/mol. The van der Waals surface area contributed by atoms with Crippen LogP contribution in [0.25, 0.3) is 0 Å². The predicted molar refractivity (Wildman–Crippen MR) is 85.6 cm³/mol. The van der Waals surface area contributed by atoms with Crippen LogP contribution in [0.5, 0.6) is 0 Å². The fourth-order valence-corrected chi connectivity index (χ4v) is 3.66. The van der Waals surface area contributed by atoms with E-state index in [0.29, 0.717) is 17.0 Å². The molecule has 1 aromatic heterocycles. The van der Waals surface area contributed by atoms with Gasteiger partial charge in [-0.25, -0.2) is 4.39 Å². The summed E-state index contributed by atoms with van der Waals surface area (Å²) in [6.45, 7) is 4.81. The molecule has 2 rings (SSSR count). The van der Waals surface area contributed by atoms with Gasteiger partial charge in [0.15, 0.2) is 0 Å². The van der Waals surface area contributed by atoms with E-state index < -0.39 is 0 Å². The van der Waals surface area contributed by atoms with Crippen molar-refractivity contribution >= 4 is 34.5 Å². The van der Waals surface area contributed by atoms with E-state index in [4.69, 9.17) is 23.2 Å². The third-order valence-electron chi connectivity index (χ3n) is 3.13. The summed E-state index contributed by atoms with van der Waals surface area (Å²) in [5.41, 5.74) is 1.70. The van der Waals surface area contributed by atoms with E-state index in [2.05, 4.69) is 5.32 Å². The first-order valence-corrected chi connectivity index (χ1v) is 8.07. The van der Waals surface area contributed by atoms with Crippen LogP contribution in [0, 0.1) is 12.7 Å². The van der Waals surface area contributed by atoms with Crippen LogP contribution in [-0.4, -0.2) is 6.54 Å². The van der Waals surface area contributed by atoms with E-state index in [0.717, 1.165) is 22.0 Å². The normalized spacial score (nSPS) is 12.7. The number of hydrogen-bond acceptors (Lipinski definition) is 2. The van der Waals surface area contributed by atoms with Crippen LogP contribution in [0.4, 0.5) is 4.39 Å².